The highest BCUT2D eigenvalue weighted by molar-refractivity contribution is 5.95. The topological polar surface area (TPSA) is 141 Å². The van der Waals surface area contributed by atoms with Crippen molar-refractivity contribution in [1.29, 1.82) is 0 Å². The van der Waals surface area contributed by atoms with E-state index >= 15 is 0 Å². The van der Waals surface area contributed by atoms with Crippen molar-refractivity contribution in [3.8, 4) is 11.5 Å². The van der Waals surface area contributed by atoms with Crippen LogP contribution < -0.4 is 25.6 Å². The van der Waals surface area contributed by atoms with Gasteiger partial charge in [-0.1, -0.05) is 23.8 Å². The Morgan fingerprint density at radius 2 is 1.73 bits per heavy atom. The number of nitro groups is 1. The number of hydrogen-bond acceptors (Lipinski definition) is 9. The third-order valence-corrected chi connectivity index (χ3v) is 4.77. The van der Waals surface area contributed by atoms with Crippen molar-refractivity contribution in [2.45, 2.75) is 13.3 Å². The Bertz CT molecular complexity index is 1140. The quantitative estimate of drug-likeness (QED) is 0.312. The number of anilines is 2. The van der Waals surface area contributed by atoms with E-state index in [-0.39, 0.29) is 17.3 Å². The predicted molar refractivity (Wildman–Crippen MR) is 123 cm³/mol. The number of carbonyl (C=O) groups is 1. The molecule has 1 aromatic heterocycles. The van der Waals surface area contributed by atoms with Crippen LogP contribution in [0.3, 0.4) is 0 Å². The van der Waals surface area contributed by atoms with Gasteiger partial charge in [0.15, 0.2) is 11.5 Å². The van der Waals surface area contributed by atoms with Crippen molar-refractivity contribution in [3.05, 3.63) is 75.6 Å². The summed E-state index contributed by atoms with van der Waals surface area (Å²) in [7, 11) is 3.11. The SMILES string of the molecule is COc1ccc(CCNc2ncnc(NNC(=O)c3ccc(C)cc3)c2[N+](=O)[O-])cc1OC. The summed E-state index contributed by atoms with van der Waals surface area (Å²) >= 11 is 0. The van der Waals surface area contributed by atoms with Crippen LogP contribution >= 0.6 is 0 Å². The van der Waals surface area contributed by atoms with Gasteiger partial charge in [0.2, 0.25) is 11.6 Å². The Hall–Kier alpha value is -4.41. The molecule has 0 saturated heterocycles. The minimum atomic E-state index is -0.612. The lowest BCUT2D eigenvalue weighted by molar-refractivity contribution is -0.383. The second-order valence-corrected chi connectivity index (χ2v) is 6.99. The zero-order valence-electron chi connectivity index (χ0n) is 18.4. The molecule has 0 bridgehead atoms. The van der Waals surface area contributed by atoms with E-state index in [2.05, 4.69) is 26.1 Å². The molecule has 3 rings (SSSR count). The largest absolute Gasteiger partial charge is 0.493 e. The average Bonchev–Trinajstić information content (AvgIpc) is 2.82. The third kappa shape index (κ3) is 5.85. The predicted octanol–water partition coefficient (Wildman–Crippen LogP) is 3.12. The van der Waals surface area contributed by atoms with Crippen LogP contribution in [0.2, 0.25) is 0 Å². The Morgan fingerprint density at radius 1 is 1.03 bits per heavy atom. The lowest BCUT2D eigenvalue weighted by Gasteiger charge is -2.12. The van der Waals surface area contributed by atoms with Crippen LogP contribution in [0.25, 0.3) is 0 Å². The van der Waals surface area contributed by atoms with Gasteiger partial charge in [-0.25, -0.2) is 9.97 Å². The van der Waals surface area contributed by atoms with Crippen molar-refractivity contribution in [3.63, 3.8) is 0 Å². The van der Waals surface area contributed by atoms with E-state index in [1.54, 1.807) is 44.6 Å². The summed E-state index contributed by atoms with van der Waals surface area (Å²) in [4.78, 5) is 31.3. The fourth-order valence-corrected chi connectivity index (χ4v) is 3.03. The smallest absolute Gasteiger partial charge is 0.354 e. The fraction of sp³-hybridized carbons (Fsp3) is 0.227. The molecule has 0 aliphatic carbocycles. The molecule has 0 aliphatic heterocycles. The molecule has 11 heteroatoms. The Morgan fingerprint density at radius 3 is 2.39 bits per heavy atom. The van der Waals surface area contributed by atoms with E-state index in [0.717, 1.165) is 11.1 Å². The maximum atomic E-state index is 12.3. The summed E-state index contributed by atoms with van der Waals surface area (Å²) in [6, 6.07) is 12.4. The molecule has 11 nitrogen and oxygen atoms in total. The number of amides is 1. The molecule has 0 aliphatic rings. The van der Waals surface area contributed by atoms with Gasteiger partial charge in [-0.05, 0) is 43.2 Å². The molecule has 0 atom stereocenters. The summed E-state index contributed by atoms with van der Waals surface area (Å²) in [6.45, 7) is 2.27. The summed E-state index contributed by atoms with van der Waals surface area (Å²) < 4.78 is 10.5. The highest BCUT2D eigenvalue weighted by Crippen LogP contribution is 2.29. The number of hydrogen-bond donors (Lipinski definition) is 3. The van der Waals surface area contributed by atoms with Gasteiger partial charge in [0.05, 0.1) is 19.1 Å². The molecular formula is C22H24N6O5. The molecule has 0 fully saturated rings. The summed E-state index contributed by atoms with van der Waals surface area (Å²) in [5.41, 5.74) is 6.92. The molecule has 0 unspecified atom stereocenters. The number of rotatable bonds is 10. The van der Waals surface area contributed by atoms with Crippen LogP contribution in [0.4, 0.5) is 17.3 Å². The second-order valence-electron chi connectivity index (χ2n) is 6.99. The molecule has 172 valence electrons. The number of hydrazine groups is 1. The standard InChI is InChI=1S/C22H24N6O5/c1-14-4-7-16(8-5-14)22(29)27-26-21-19(28(30)31)20(24-13-25-21)23-11-10-15-6-9-17(32-2)18(12-15)33-3/h4-9,12-13H,10-11H2,1-3H3,(H,27,29)(H2,23,24,25,26). The molecule has 0 radical (unpaired) electrons. The number of carbonyl (C=O) groups excluding carboxylic acids is 1. The van der Waals surface area contributed by atoms with Crippen molar-refractivity contribution < 1.29 is 19.2 Å². The van der Waals surface area contributed by atoms with Gasteiger partial charge in [0.25, 0.3) is 5.91 Å². The minimum Gasteiger partial charge on any atom is -0.493 e. The van der Waals surface area contributed by atoms with Crippen molar-refractivity contribution in [1.82, 2.24) is 15.4 Å². The van der Waals surface area contributed by atoms with Crippen LogP contribution in [0.15, 0.2) is 48.8 Å². The molecule has 0 spiro atoms. The fourth-order valence-electron chi connectivity index (χ4n) is 3.03. The van der Waals surface area contributed by atoms with Gasteiger partial charge >= 0.3 is 5.69 Å². The Kier molecular flexibility index (Phi) is 7.58. The van der Waals surface area contributed by atoms with Gasteiger partial charge in [0.1, 0.15) is 6.33 Å². The number of ether oxygens (including phenoxy) is 2. The molecule has 3 aromatic rings. The van der Waals surface area contributed by atoms with E-state index < -0.39 is 10.8 Å². The van der Waals surface area contributed by atoms with Crippen molar-refractivity contribution >= 4 is 23.2 Å². The number of benzene rings is 2. The van der Waals surface area contributed by atoms with Gasteiger partial charge in [0, 0.05) is 12.1 Å². The van der Waals surface area contributed by atoms with Gasteiger partial charge < -0.3 is 14.8 Å². The monoisotopic (exact) mass is 452 g/mol. The zero-order valence-corrected chi connectivity index (χ0v) is 18.4. The number of nitrogens with one attached hydrogen (secondary N) is 3. The van der Waals surface area contributed by atoms with Crippen LogP contribution in [0, 0.1) is 17.0 Å². The van der Waals surface area contributed by atoms with E-state index in [1.807, 2.05) is 19.1 Å². The van der Waals surface area contributed by atoms with Crippen LogP contribution in [-0.2, 0) is 6.42 Å². The molecule has 0 saturated carbocycles. The van der Waals surface area contributed by atoms with Crippen LogP contribution in [-0.4, -0.2) is 41.6 Å². The number of aromatic nitrogens is 2. The maximum absolute atomic E-state index is 12.3. The third-order valence-electron chi connectivity index (χ3n) is 4.77. The normalized spacial score (nSPS) is 10.3. The number of aryl methyl sites for hydroxylation is 1. The van der Waals surface area contributed by atoms with Crippen molar-refractivity contribution in [2.75, 3.05) is 31.5 Å². The van der Waals surface area contributed by atoms with Crippen LogP contribution in [0.1, 0.15) is 21.5 Å². The molecule has 1 heterocycles. The van der Waals surface area contributed by atoms with E-state index in [1.165, 1.54) is 6.33 Å². The molecule has 3 N–H and O–H groups in total. The van der Waals surface area contributed by atoms with E-state index in [9.17, 15) is 14.9 Å². The molecule has 1 amide bonds. The highest BCUT2D eigenvalue weighted by atomic mass is 16.6. The first-order valence-electron chi connectivity index (χ1n) is 10.00. The summed E-state index contributed by atoms with van der Waals surface area (Å²) in [5.74, 6) is 0.653. The Labute approximate surface area is 190 Å². The molecular weight excluding hydrogens is 428 g/mol. The summed E-state index contributed by atoms with van der Waals surface area (Å²) in [6.07, 6.45) is 1.72. The average molecular weight is 452 g/mol. The van der Waals surface area contributed by atoms with E-state index in [4.69, 9.17) is 9.47 Å². The molecule has 2 aromatic carbocycles. The zero-order chi connectivity index (χ0) is 23.8. The first kappa shape index (κ1) is 23.3. The summed E-state index contributed by atoms with van der Waals surface area (Å²) in [5, 5.41) is 14.6. The lowest BCUT2D eigenvalue weighted by Crippen LogP contribution is -2.30. The number of nitrogens with zero attached hydrogens (tertiary/aromatic N) is 3. The van der Waals surface area contributed by atoms with Gasteiger partial charge in [-0.2, -0.15) is 0 Å². The van der Waals surface area contributed by atoms with Gasteiger partial charge in [-0.3, -0.25) is 25.8 Å². The first-order chi connectivity index (χ1) is 15.9. The van der Waals surface area contributed by atoms with E-state index in [0.29, 0.717) is 30.0 Å². The highest BCUT2D eigenvalue weighted by Gasteiger charge is 2.23. The first-order valence-corrected chi connectivity index (χ1v) is 10.00. The lowest BCUT2D eigenvalue weighted by atomic mass is 10.1. The molecule has 33 heavy (non-hydrogen) atoms. The minimum absolute atomic E-state index is 0.0301. The second kappa shape index (κ2) is 10.8. The van der Waals surface area contributed by atoms with Gasteiger partial charge in [-0.15, -0.1) is 0 Å². The van der Waals surface area contributed by atoms with Crippen LogP contribution in [0.5, 0.6) is 11.5 Å². The number of methoxy groups -OCH3 is 2. The Balaban J connectivity index is 1.68. The van der Waals surface area contributed by atoms with Crippen molar-refractivity contribution in [2.24, 2.45) is 0 Å². The maximum Gasteiger partial charge on any atom is 0.354 e.